The van der Waals surface area contributed by atoms with E-state index in [4.69, 9.17) is 4.74 Å². The minimum absolute atomic E-state index is 0.0603. The van der Waals surface area contributed by atoms with E-state index in [0.29, 0.717) is 18.7 Å². The zero-order valence-corrected chi connectivity index (χ0v) is 10.3. The third-order valence-corrected chi connectivity index (χ3v) is 3.10. The standard InChI is InChI=1S/C11H16N4O3/c1-15-5-7(3-9(15)11(17)18-2)14-10(16)8-4-12-6-13-8/h4,6-7,9H,3,5H2,1-2H3,(H,12,13)(H,14,16)/t7-,9-/m0/s1. The van der Waals surface area contributed by atoms with Gasteiger partial charge in [0.25, 0.3) is 5.91 Å². The first-order chi connectivity index (χ1) is 8.61. The molecule has 1 amide bonds. The molecule has 1 aliphatic rings. The number of esters is 1. The Hall–Kier alpha value is -1.89. The van der Waals surface area contributed by atoms with E-state index in [2.05, 4.69) is 15.3 Å². The summed E-state index contributed by atoms with van der Waals surface area (Å²) >= 11 is 0. The predicted molar refractivity (Wildman–Crippen MR) is 62.9 cm³/mol. The van der Waals surface area contributed by atoms with Crippen molar-refractivity contribution in [3.63, 3.8) is 0 Å². The summed E-state index contributed by atoms with van der Waals surface area (Å²) in [5.74, 6) is -0.479. The van der Waals surface area contributed by atoms with E-state index in [-0.39, 0.29) is 24.0 Å². The number of likely N-dealkylation sites (tertiary alicyclic amines) is 1. The van der Waals surface area contributed by atoms with Gasteiger partial charge in [-0.15, -0.1) is 0 Å². The maximum absolute atomic E-state index is 11.8. The Kier molecular flexibility index (Phi) is 3.61. The lowest BCUT2D eigenvalue weighted by molar-refractivity contribution is -0.145. The molecule has 1 aliphatic heterocycles. The van der Waals surface area contributed by atoms with Crippen molar-refractivity contribution >= 4 is 11.9 Å². The summed E-state index contributed by atoms with van der Waals surface area (Å²) in [7, 11) is 3.20. The van der Waals surface area contributed by atoms with Gasteiger partial charge in [0.1, 0.15) is 11.7 Å². The topological polar surface area (TPSA) is 87.3 Å². The molecule has 2 heterocycles. The highest BCUT2D eigenvalue weighted by molar-refractivity contribution is 5.92. The SMILES string of the molecule is COC(=O)[C@@H]1C[C@H](NC(=O)c2cnc[nH]2)CN1C. The van der Waals surface area contributed by atoms with Gasteiger partial charge in [-0.05, 0) is 13.5 Å². The molecule has 98 valence electrons. The number of hydrogen-bond donors (Lipinski definition) is 2. The first kappa shape index (κ1) is 12.6. The minimum Gasteiger partial charge on any atom is -0.468 e. The second-order valence-corrected chi connectivity index (χ2v) is 4.35. The lowest BCUT2D eigenvalue weighted by Gasteiger charge is -2.15. The number of hydrogen-bond acceptors (Lipinski definition) is 5. The Balaban J connectivity index is 1.93. The number of amides is 1. The van der Waals surface area contributed by atoms with Gasteiger partial charge in [0.05, 0.1) is 19.6 Å². The Morgan fingerprint density at radius 2 is 2.39 bits per heavy atom. The van der Waals surface area contributed by atoms with Crippen LogP contribution in [0.15, 0.2) is 12.5 Å². The van der Waals surface area contributed by atoms with Crippen LogP contribution in [0.25, 0.3) is 0 Å². The zero-order chi connectivity index (χ0) is 13.1. The highest BCUT2D eigenvalue weighted by Crippen LogP contribution is 2.17. The number of imidazole rings is 1. The number of carbonyl (C=O) groups is 2. The molecule has 0 radical (unpaired) electrons. The summed E-state index contributed by atoms with van der Waals surface area (Å²) in [5.41, 5.74) is 0.416. The van der Waals surface area contributed by atoms with Gasteiger partial charge in [-0.1, -0.05) is 0 Å². The molecule has 2 N–H and O–H groups in total. The Morgan fingerprint density at radius 1 is 1.61 bits per heavy atom. The Morgan fingerprint density at radius 3 is 3.00 bits per heavy atom. The predicted octanol–water partition coefficient (Wildman–Crippen LogP) is -0.615. The molecule has 7 heteroatoms. The van der Waals surface area contributed by atoms with Crippen molar-refractivity contribution in [2.75, 3.05) is 20.7 Å². The second kappa shape index (κ2) is 5.18. The normalized spacial score (nSPS) is 23.9. The molecule has 1 aromatic rings. The van der Waals surface area contributed by atoms with Gasteiger partial charge in [-0.25, -0.2) is 4.98 Å². The van der Waals surface area contributed by atoms with Crippen molar-refractivity contribution in [3.05, 3.63) is 18.2 Å². The lowest BCUT2D eigenvalue weighted by atomic mass is 10.1. The summed E-state index contributed by atoms with van der Waals surface area (Å²) < 4.78 is 4.72. The monoisotopic (exact) mass is 252 g/mol. The van der Waals surface area contributed by atoms with E-state index >= 15 is 0 Å². The summed E-state index contributed by atoms with van der Waals surface area (Å²) in [5, 5.41) is 2.86. The van der Waals surface area contributed by atoms with Crippen LogP contribution >= 0.6 is 0 Å². The van der Waals surface area contributed by atoms with Gasteiger partial charge in [-0.2, -0.15) is 0 Å². The van der Waals surface area contributed by atoms with Gasteiger partial charge < -0.3 is 15.0 Å². The Labute approximate surface area is 105 Å². The average molecular weight is 252 g/mol. The Bertz CT molecular complexity index is 432. The van der Waals surface area contributed by atoms with Crippen LogP contribution in [0, 0.1) is 0 Å². The fraction of sp³-hybridized carbons (Fsp3) is 0.545. The van der Waals surface area contributed by atoms with E-state index < -0.39 is 0 Å². The zero-order valence-electron chi connectivity index (χ0n) is 10.3. The number of H-pyrrole nitrogens is 1. The van der Waals surface area contributed by atoms with Crippen molar-refractivity contribution in [1.82, 2.24) is 20.2 Å². The third kappa shape index (κ3) is 2.51. The van der Waals surface area contributed by atoms with Crippen LogP contribution in [0.2, 0.25) is 0 Å². The summed E-state index contributed by atoms with van der Waals surface area (Å²) in [4.78, 5) is 31.7. The molecule has 0 spiro atoms. The van der Waals surface area contributed by atoms with Crippen LogP contribution < -0.4 is 5.32 Å². The molecule has 18 heavy (non-hydrogen) atoms. The summed E-state index contributed by atoms with van der Waals surface area (Å²) in [6.45, 7) is 0.625. The molecule has 1 fully saturated rings. The lowest BCUT2D eigenvalue weighted by Crippen LogP contribution is -2.36. The molecule has 1 aromatic heterocycles. The van der Waals surface area contributed by atoms with Gasteiger partial charge in [-0.3, -0.25) is 14.5 Å². The number of aromatic nitrogens is 2. The average Bonchev–Trinajstić information content (AvgIpc) is 2.97. The van der Waals surface area contributed by atoms with Crippen molar-refractivity contribution in [3.8, 4) is 0 Å². The fourth-order valence-corrected chi connectivity index (χ4v) is 2.16. The number of nitrogens with zero attached hydrogens (tertiary/aromatic N) is 2. The van der Waals surface area contributed by atoms with Crippen LogP contribution in [0.4, 0.5) is 0 Å². The van der Waals surface area contributed by atoms with Crippen molar-refractivity contribution in [2.24, 2.45) is 0 Å². The van der Waals surface area contributed by atoms with Crippen molar-refractivity contribution in [1.29, 1.82) is 0 Å². The van der Waals surface area contributed by atoms with Crippen LogP contribution in [0.3, 0.4) is 0 Å². The number of aromatic amines is 1. The molecule has 2 rings (SSSR count). The molecule has 0 aromatic carbocycles. The first-order valence-electron chi connectivity index (χ1n) is 5.69. The number of nitrogens with one attached hydrogen (secondary N) is 2. The molecule has 0 aliphatic carbocycles. The molecule has 1 saturated heterocycles. The molecular weight excluding hydrogens is 236 g/mol. The first-order valence-corrected chi connectivity index (χ1v) is 5.69. The van der Waals surface area contributed by atoms with Gasteiger partial charge in [0.2, 0.25) is 0 Å². The highest BCUT2D eigenvalue weighted by Gasteiger charge is 2.35. The van der Waals surface area contributed by atoms with E-state index in [0.717, 1.165) is 0 Å². The number of rotatable bonds is 3. The molecule has 0 unspecified atom stereocenters. The van der Waals surface area contributed by atoms with Crippen LogP contribution in [-0.2, 0) is 9.53 Å². The van der Waals surface area contributed by atoms with Gasteiger partial charge in [0.15, 0.2) is 0 Å². The number of ether oxygens (including phenoxy) is 1. The molecule has 0 bridgehead atoms. The fourth-order valence-electron chi connectivity index (χ4n) is 2.16. The number of carbonyl (C=O) groups excluding carboxylic acids is 2. The molecular formula is C11H16N4O3. The largest absolute Gasteiger partial charge is 0.468 e. The smallest absolute Gasteiger partial charge is 0.323 e. The highest BCUT2D eigenvalue weighted by atomic mass is 16.5. The summed E-state index contributed by atoms with van der Waals surface area (Å²) in [6, 6.07) is -0.350. The van der Waals surface area contributed by atoms with E-state index in [1.165, 1.54) is 19.6 Å². The van der Waals surface area contributed by atoms with Crippen molar-refractivity contribution in [2.45, 2.75) is 18.5 Å². The number of likely N-dealkylation sites (N-methyl/N-ethyl adjacent to an activating group) is 1. The maximum atomic E-state index is 11.8. The number of methoxy groups -OCH3 is 1. The van der Waals surface area contributed by atoms with E-state index in [1.807, 2.05) is 11.9 Å². The van der Waals surface area contributed by atoms with Gasteiger partial charge >= 0.3 is 5.97 Å². The maximum Gasteiger partial charge on any atom is 0.323 e. The molecule has 0 saturated carbocycles. The van der Waals surface area contributed by atoms with Crippen molar-refractivity contribution < 1.29 is 14.3 Å². The van der Waals surface area contributed by atoms with Crippen LogP contribution in [-0.4, -0.2) is 59.5 Å². The van der Waals surface area contributed by atoms with E-state index in [9.17, 15) is 9.59 Å². The minimum atomic E-state index is -0.290. The van der Waals surface area contributed by atoms with Crippen LogP contribution in [0.5, 0.6) is 0 Å². The second-order valence-electron chi connectivity index (χ2n) is 4.35. The third-order valence-electron chi connectivity index (χ3n) is 3.10. The van der Waals surface area contributed by atoms with Gasteiger partial charge in [0, 0.05) is 12.6 Å². The molecule has 7 nitrogen and oxygen atoms in total. The quantitative estimate of drug-likeness (QED) is 0.700. The summed E-state index contributed by atoms with van der Waals surface area (Å²) in [6.07, 6.45) is 3.47. The van der Waals surface area contributed by atoms with E-state index in [1.54, 1.807) is 0 Å². The van der Waals surface area contributed by atoms with Crippen LogP contribution in [0.1, 0.15) is 16.9 Å². The molecule has 2 atom stereocenters.